The summed E-state index contributed by atoms with van der Waals surface area (Å²) in [6, 6.07) is 16.0. The first-order valence-corrected chi connectivity index (χ1v) is 10.1. The highest BCUT2D eigenvalue weighted by molar-refractivity contribution is 5.93. The predicted molar refractivity (Wildman–Crippen MR) is 113 cm³/mol. The van der Waals surface area contributed by atoms with Crippen LogP contribution < -0.4 is 0 Å². The van der Waals surface area contributed by atoms with Crippen molar-refractivity contribution in [3.63, 3.8) is 0 Å². The maximum atomic E-state index is 13.2. The highest BCUT2D eigenvalue weighted by Crippen LogP contribution is 2.28. The van der Waals surface area contributed by atoms with E-state index in [9.17, 15) is 9.18 Å². The first-order chi connectivity index (χ1) is 14.6. The van der Waals surface area contributed by atoms with E-state index < -0.39 is 0 Å². The smallest absolute Gasteiger partial charge is 0.274 e. The lowest BCUT2D eigenvalue weighted by Gasteiger charge is -2.31. The molecule has 5 rings (SSSR count). The number of hydrogen-bond donors (Lipinski definition) is 1. The number of amides is 1. The van der Waals surface area contributed by atoms with Crippen LogP contribution in [0.2, 0.25) is 0 Å². The summed E-state index contributed by atoms with van der Waals surface area (Å²) >= 11 is 0. The van der Waals surface area contributed by atoms with Crippen LogP contribution in [0.5, 0.6) is 0 Å². The number of benzene rings is 2. The highest BCUT2D eigenvalue weighted by Gasteiger charge is 2.29. The van der Waals surface area contributed by atoms with Crippen LogP contribution in [0.15, 0.2) is 54.6 Å². The Kier molecular flexibility index (Phi) is 4.58. The van der Waals surface area contributed by atoms with Gasteiger partial charge in [-0.2, -0.15) is 5.10 Å². The van der Waals surface area contributed by atoms with Crippen molar-refractivity contribution >= 4 is 16.9 Å². The number of H-pyrrole nitrogens is 1. The lowest BCUT2D eigenvalue weighted by atomic mass is 9.97. The zero-order valence-electron chi connectivity index (χ0n) is 16.7. The van der Waals surface area contributed by atoms with E-state index in [1.807, 2.05) is 29.2 Å². The van der Waals surface area contributed by atoms with Gasteiger partial charge in [0.1, 0.15) is 11.6 Å². The first-order valence-electron chi connectivity index (χ1n) is 10.1. The van der Waals surface area contributed by atoms with Gasteiger partial charge in [-0.1, -0.05) is 12.1 Å². The number of fused-ring (bicyclic) bond motifs is 1. The van der Waals surface area contributed by atoms with Crippen molar-refractivity contribution in [2.75, 3.05) is 13.1 Å². The summed E-state index contributed by atoms with van der Waals surface area (Å²) in [5.41, 5.74) is 3.98. The molecule has 6 nitrogen and oxygen atoms in total. The molecule has 0 bridgehead atoms. The van der Waals surface area contributed by atoms with E-state index in [4.69, 9.17) is 4.98 Å². The van der Waals surface area contributed by atoms with Gasteiger partial charge in [0.25, 0.3) is 5.91 Å². The van der Waals surface area contributed by atoms with Gasteiger partial charge < -0.3 is 9.88 Å². The number of nitrogens with one attached hydrogen (secondary N) is 1. The Bertz CT molecular complexity index is 1180. The van der Waals surface area contributed by atoms with Crippen molar-refractivity contribution < 1.29 is 9.18 Å². The molecule has 1 aliphatic heterocycles. The molecule has 7 heteroatoms. The summed E-state index contributed by atoms with van der Waals surface area (Å²) in [4.78, 5) is 23.1. The fourth-order valence-electron chi connectivity index (χ4n) is 4.18. The largest absolute Gasteiger partial charge is 0.342 e. The number of halogens is 1. The van der Waals surface area contributed by atoms with Gasteiger partial charge in [-0.15, -0.1) is 0 Å². The summed E-state index contributed by atoms with van der Waals surface area (Å²) in [6.45, 7) is 1.32. The Hall–Kier alpha value is -3.48. The molecule has 0 saturated carbocycles. The zero-order chi connectivity index (χ0) is 20.7. The topological polar surface area (TPSA) is 66.8 Å². The summed E-state index contributed by atoms with van der Waals surface area (Å²) in [6.07, 6.45) is 1.91. The number of aromatic nitrogens is 4. The minimum Gasteiger partial charge on any atom is -0.342 e. The normalized spacial score (nSPS) is 16.9. The maximum Gasteiger partial charge on any atom is 0.274 e. The highest BCUT2D eigenvalue weighted by atomic mass is 19.1. The Balaban J connectivity index is 1.37. The van der Waals surface area contributed by atoms with Crippen LogP contribution in [0.4, 0.5) is 4.39 Å². The third-order valence-corrected chi connectivity index (χ3v) is 5.74. The van der Waals surface area contributed by atoms with E-state index in [2.05, 4.69) is 10.1 Å². The number of piperidine rings is 1. The number of hydrogen-bond acceptors (Lipinski definition) is 3. The van der Waals surface area contributed by atoms with E-state index in [1.54, 1.807) is 29.9 Å². The number of imidazole rings is 1. The number of rotatable bonds is 3. The molecule has 0 radical (unpaired) electrons. The van der Waals surface area contributed by atoms with Gasteiger partial charge in [0.15, 0.2) is 5.69 Å². The third kappa shape index (κ3) is 3.36. The molecule has 2 aromatic heterocycles. The van der Waals surface area contributed by atoms with Crippen LogP contribution in [0.25, 0.3) is 22.3 Å². The summed E-state index contributed by atoms with van der Waals surface area (Å²) < 4.78 is 14.9. The van der Waals surface area contributed by atoms with Crippen molar-refractivity contribution in [2.45, 2.75) is 18.8 Å². The maximum absolute atomic E-state index is 13.2. The molecule has 1 N–H and O–H groups in total. The molecule has 3 heterocycles. The van der Waals surface area contributed by atoms with Crippen molar-refractivity contribution in [3.8, 4) is 11.3 Å². The molecule has 30 heavy (non-hydrogen) atoms. The molecule has 0 aliphatic carbocycles. The van der Waals surface area contributed by atoms with Crippen LogP contribution >= 0.6 is 0 Å². The number of nitrogens with zero attached hydrogens (tertiary/aromatic N) is 4. The summed E-state index contributed by atoms with van der Waals surface area (Å²) in [7, 11) is 1.79. The molecular weight excluding hydrogens is 381 g/mol. The van der Waals surface area contributed by atoms with Crippen LogP contribution in [-0.4, -0.2) is 43.6 Å². The van der Waals surface area contributed by atoms with Crippen molar-refractivity contribution in [1.82, 2.24) is 24.6 Å². The number of aryl methyl sites for hydroxylation is 1. The molecular formula is C23H22FN5O. The van der Waals surface area contributed by atoms with Crippen molar-refractivity contribution in [3.05, 3.63) is 71.9 Å². The molecule has 1 amide bonds. The van der Waals surface area contributed by atoms with Gasteiger partial charge in [0, 0.05) is 26.1 Å². The van der Waals surface area contributed by atoms with Crippen molar-refractivity contribution in [2.24, 2.45) is 7.05 Å². The minimum atomic E-state index is -0.290. The average Bonchev–Trinajstić information content (AvgIpc) is 3.38. The molecule has 1 unspecified atom stereocenters. The second-order valence-corrected chi connectivity index (χ2v) is 7.77. The van der Waals surface area contributed by atoms with E-state index in [0.29, 0.717) is 18.8 Å². The van der Waals surface area contributed by atoms with Gasteiger partial charge >= 0.3 is 0 Å². The number of aromatic amines is 1. The molecule has 1 saturated heterocycles. The van der Waals surface area contributed by atoms with Gasteiger partial charge in [0.2, 0.25) is 0 Å². The van der Waals surface area contributed by atoms with Gasteiger partial charge in [-0.25, -0.2) is 9.37 Å². The average molecular weight is 403 g/mol. The molecule has 1 fully saturated rings. The Labute approximate surface area is 173 Å². The fourth-order valence-corrected chi connectivity index (χ4v) is 4.18. The van der Waals surface area contributed by atoms with Crippen LogP contribution in [0, 0.1) is 5.82 Å². The van der Waals surface area contributed by atoms with Crippen LogP contribution in [0.1, 0.15) is 35.1 Å². The van der Waals surface area contributed by atoms with Gasteiger partial charge in [-0.05, 0) is 60.9 Å². The fraction of sp³-hybridized carbons (Fsp3) is 0.261. The monoisotopic (exact) mass is 403 g/mol. The van der Waals surface area contributed by atoms with Crippen LogP contribution in [-0.2, 0) is 7.05 Å². The Morgan fingerprint density at radius 3 is 2.77 bits per heavy atom. The Morgan fingerprint density at radius 2 is 1.97 bits per heavy atom. The zero-order valence-corrected chi connectivity index (χ0v) is 16.7. The van der Waals surface area contributed by atoms with Crippen LogP contribution in [0.3, 0.4) is 0 Å². The molecule has 1 atom stereocenters. The van der Waals surface area contributed by atoms with Gasteiger partial charge in [0.05, 0.1) is 16.7 Å². The van der Waals surface area contributed by atoms with E-state index >= 15 is 0 Å². The van der Waals surface area contributed by atoms with Crippen molar-refractivity contribution in [1.29, 1.82) is 0 Å². The summed E-state index contributed by atoms with van der Waals surface area (Å²) in [5.74, 6) is 0.735. The Morgan fingerprint density at radius 1 is 1.17 bits per heavy atom. The standard InChI is InChI=1S/C23H22FN5O/c1-28-21(15-8-10-17(24)11-9-15)13-20(27-28)23(30)29-12-4-5-16(14-29)22-25-18-6-2-3-7-19(18)26-22/h2-3,6-11,13,16H,4-5,12,14H2,1H3,(H,25,26). The third-order valence-electron chi connectivity index (χ3n) is 5.74. The number of carbonyl (C=O) groups is 1. The molecule has 2 aromatic carbocycles. The number of likely N-dealkylation sites (tertiary alicyclic amines) is 1. The molecule has 152 valence electrons. The SMILES string of the molecule is Cn1nc(C(=O)N2CCCC(c3nc4ccccc4[nH]3)C2)cc1-c1ccc(F)cc1. The lowest BCUT2D eigenvalue weighted by molar-refractivity contribution is 0.0698. The molecule has 4 aromatic rings. The minimum absolute atomic E-state index is 0.0835. The molecule has 0 spiro atoms. The van der Waals surface area contributed by atoms with E-state index in [-0.39, 0.29) is 17.6 Å². The second-order valence-electron chi connectivity index (χ2n) is 7.77. The molecule has 1 aliphatic rings. The first kappa shape index (κ1) is 18.5. The second kappa shape index (κ2) is 7.40. The predicted octanol–water partition coefficient (Wildman–Crippen LogP) is 4.12. The van der Waals surface area contributed by atoms with E-state index in [1.165, 1.54) is 12.1 Å². The number of para-hydroxylation sites is 2. The quantitative estimate of drug-likeness (QED) is 0.560. The number of carbonyl (C=O) groups excluding carboxylic acids is 1. The van der Waals surface area contributed by atoms with Gasteiger partial charge in [-0.3, -0.25) is 9.48 Å². The lowest BCUT2D eigenvalue weighted by Crippen LogP contribution is -2.39. The summed E-state index contributed by atoms with van der Waals surface area (Å²) in [5, 5.41) is 4.43. The van der Waals surface area contributed by atoms with E-state index in [0.717, 1.165) is 41.0 Å².